The zero-order valence-electron chi connectivity index (χ0n) is 12.0. The first kappa shape index (κ1) is 17.5. The van der Waals surface area contributed by atoms with Crippen molar-refractivity contribution >= 4 is 40.4 Å². The molecule has 0 N–H and O–H groups in total. The minimum absolute atomic E-state index is 0.0264. The minimum Gasteiger partial charge on any atom is -0.464 e. The summed E-state index contributed by atoms with van der Waals surface area (Å²) in [5.41, 5.74) is 0.604. The third-order valence-corrected chi connectivity index (χ3v) is 4.10. The van der Waals surface area contributed by atoms with Crippen molar-refractivity contribution in [3.05, 3.63) is 45.0 Å². The lowest BCUT2D eigenvalue weighted by atomic mass is 10.1. The number of ether oxygens (including phenoxy) is 1. The van der Waals surface area contributed by atoms with E-state index in [1.807, 2.05) is 0 Å². The quantitative estimate of drug-likeness (QED) is 0.406. The van der Waals surface area contributed by atoms with Gasteiger partial charge in [0.05, 0.1) is 18.2 Å². The number of carbonyl (C=O) groups excluding carboxylic acids is 3. The monoisotopic (exact) mass is 435 g/mol. The van der Waals surface area contributed by atoms with Gasteiger partial charge in [-0.2, -0.15) is 8.78 Å². The van der Waals surface area contributed by atoms with Gasteiger partial charge in [0.1, 0.15) is 0 Å². The van der Waals surface area contributed by atoms with Gasteiger partial charge < -0.3 is 4.74 Å². The summed E-state index contributed by atoms with van der Waals surface area (Å²) in [7, 11) is 0.871. The lowest BCUT2D eigenvalue weighted by Crippen LogP contribution is -2.31. The van der Waals surface area contributed by atoms with Crippen molar-refractivity contribution < 1.29 is 27.9 Å². The molecule has 1 heterocycles. The Labute approximate surface area is 144 Å². The van der Waals surface area contributed by atoms with Gasteiger partial charge in [0.2, 0.25) is 0 Å². The summed E-state index contributed by atoms with van der Waals surface area (Å²) in [6.07, 6.45) is 0.496. The van der Waals surface area contributed by atoms with Gasteiger partial charge in [-0.1, -0.05) is 12.1 Å². The molecule has 0 spiro atoms. The summed E-state index contributed by atoms with van der Waals surface area (Å²) >= 11 is 1.64. The van der Waals surface area contributed by atoms with Crippen LogP contribution in [0.1, 0.15) is 27.1 Å². The number of methoxy groups -OCH3 is 1. The number of hydrogen-bond donors (Lipinski definition) is 0. The Morgan fingerprint density at radius 3 is 2.26 bits per heavy atom. The zero-order valence-corrected chi connectivity index (χ0v) is 14.2. The van der Waals surface area contributed by atoms with Gasteiger partial charge in [-0.25, -0.2) is 4.79 Å². The largest absolute Gasteiger partial charge is 0.464 e. The second kappa shape index (κ2) is 6.73. The molecule has 0 fully saturated rings. The Morgan fingerprint density at radius 2 is 1.78 bits per heavy atom. The lowest BCUT2D eigenvalue weighted by molar-refractivity contribution is -0.161. The molecule has 0 aliphatic carbocycles. The number of carbonyl (C=O) groups is 3. The summed E-state index contributed by atoms with van der Waals surface area (Å²) in [4.78, 5) is 36.2. The van der Waals surface area contributed by atoms with Crippen LogP contribution in [-0.2, 0) is 9.53 Å². The maximum atomic E-state index is 13.4. The summed E-state index contributed by atoms with van der Waals surface area (Å²) in [5.74, 6) is -6.30. The van der Waals surface area contributed by atoms with E-state index in [0.717, 1.165) is 12.0 Å². The lowest BCUT2D eigenvalue weighted by Gasteiger charge is -2.14. The number of rotatable bonds is 5. The van der Waals surface area contributed by atoms with Crippen LogP contribution in [0.3, 0.4) is 0 Å². The van der Waals surface area contributed by atoms with Gasteiger partial charge in [-0.15, -0.1) is 0 Å². The number of halogens is 3. The molecule has 2 rings (SSSR count). The van der Waals surface area contributed by atoms with Gasteiger partial charge in [0.25, 0.3) is 11.8 Å². The average molecular weight is 435 g/mol. The molecule has 0 aromatic heterocycles. The summed E-state index contributed by atoms with van der Waals surface area (Å²) in [6, 6.07) is 6.38. The Morgan fingerprint density at radius 1 is 1.26 bits per heavy atom. The fourth-order valence-electron chi connectivity index (χ4n) is 2.12. The number of esters is 1. The maximum Gasteiger partial charge on any atom is 0.381 e. The van der Waals surface area contributed by atoms with Crippen molar-refractivity contribution in [2.75, 3.05) is 13.7 Å². The minimum atomic E-state index is -3.74. The van der Waals surface area contributed by atoms with E-state index in [9.17, 15) is 23.2 Å². The topological polar surface area (TPSA) is 63.7 Å². The van der Waals surface area contributed by atoms with E-state index in [1.54, 1.807) is 46.9 Å². The highest BCUT2D eigenvalue weighted by Gasteiger charge is 2.38. The fraction of sp³-hybridized carbons (Fsp3) is 0.267. The number of benzene rings is 1. The molecule has 8 heteroatoms. The Balaban J connectivity index is 2.06. The number of amides is 2. The van der Waals surface area contributed by atoms with Crippen LogP contribution in [0.2, 0.25) is 0 Å². The first-order valence-electron chi connectivity index (χ1n) is 6.56. The van der Waals surface area contributed by atoms with Gasteiger partial charge in [0.15, 0.2) is 0 Å². The van der Waals surface area contributed by atoms with E-state index in [-0.39, 0.29) is 16.5 Å². The third-order valence-electron chi connectivity index (χ3n) is 3.25. The summed E-state index contributed by atoms with van der Waals surface area (Å²) in [6.45, 7) is -0.0433. The van der Waals surface area contributed by atoms with E-state index in [1.165, 1.54) is 0 Å². The molecule has 1 aliphatic rings. The second-order valence-electron chi connectivity index (χ2n) is 4.76. The fourth-order valence-corrected chi connectivity index (χ4v) is 2.76. The molecule has 0 saturated heterocycles. The number of nitrogens with zero attached hydrogens (tertiary/aromatic N) is 1. The molecular formula is C15H12F2INO4. The normalized spacial score (nSPS) is 15.0. The van der Waals surface area contributed by atoms with E-state index in [0.29, 0.717) is 17.2 Å². The summed E-state index contributed by atoms with van der Waals surface area (Å²) in [5, 5.41) is 0. The number of fused-ring (bicyclic) bond motifs is 1. The highest BCUT2D eigenvalue weighted by Crippen LogP contribution is 2.26. The van der Waals surface area contributed by atoms with Gasteiger partial charge in [-0.3, -0.25) is 14.5 Å². The predicted octanol–water partition coefficient (Wildman–Crippen LogP) is 2.80. The van der Waals surface area contributed by atoms with Crippen molar-refractivity contribution in [1.82, 2.24) is 4.90 Å². The van der Waals surface area contributed by atoms with Crippen molar-refractivity contribution in [2.24, 2.45) is 0 Å². The molecule has 0 saturated carbocycles. The van der Waals surface area contributed by atoms with Crippen molar-refractivity contribution in [2.45, 2.75) is 12.3 Å². The van der Waals surface area contributed by atoms with Crippen LogP contribution < -0.4 is 0 Å². The first-order valence-corrected chi connectivity index (χ1v) is 7.64. The van der Waals surface area contributed by atoms with Gasteiger partial charge >= 0.3 is 11.9 Å². The summed E-state index contributed by atoms with van der Waals surface area (Å²) < 4.78 is 31.0. The molecule has 2 amide bonds. The SMILES string of the molecule is COC(=O)C(F)(F)C=C(I)CCN1C(=O)c2ccccc2C1=O. The molecule has 0 atom stereocenters. The standard InChI is InChI=1S/C15H12F2INO4/c1-23-14(22)15(16,17)8-9(18)6-7-19-12(20)10-4-2-3-5-11(10)13(19)21/h2-5,8H,6-7H2,1H3. The maximum absolute atomic E-state index is 13.4. The number of hydrogen-bond acceptors (Lipinski definition) is 4. The second-order valence-corrected chi connectivity index (χ2v) is 6.15. The number of imide groups is 1. The highest BCUT2D eigenvalue weighted by molar-refractivity contribution is 14.1. The van der Waals surface area contributed by atoms with Crippen molar-refractivity contribution in [3.8, 4) is 0 Å². The third kappa shape index (κ3) is 3.57. The Bertz CT molecular complexity index is 667. The smallest absolute Gasteiger partial charge is 0.381 e. The molecule has 1 aromatic carbocycles. The molecule has 0 unspecified atom stereocenters. The molecule has 5 nitrogen and oxygen atoms in total. The average Bonchev–Trinajstić information content (AvgIpc) is 2.76. The first-order chi connectivity index (χ1) is 10.8. The Kier molecular flexibility index (Phi) is 5.12. The molecule has 122 valence electrons. The highest BCUT2D eigenvalue weighted by atomic mass is 127. The zero-order chi connectivity index (χ0) is 17.2. The van der Waals surface area contributed by atoms with Crippen LogP contribution in [0.4, 0.5) is 8.78 Å². The van der Waals surface area contributed by atoms with Gasteiger partial charge in [0, 0.05) is 12.6 Å². The molecular weight excluding hydrogens is 423 g/mol. The van der Waals surface area contributed by atoms with Crippen molar-refractivity contribution in [3.63, 3.8) is 0 Å². The van der Waals surface area contributed by atoms with Crippen LogP contribution >= 0.6 is 22.6 Å². The molecule has 1 aliphatic heterocycles. The van der Waals surface area contributed by atoms with Crippen LogP contribution in [0.15, 0.2) is 33.9 Å². The van der Waals surface area contributed by atoms with Crippen LogP contribution in [-0.4, -0.2) is 42.3 Å². The van der Waals surface area contributed by atoms with Gasteiger partial charge in [-0.05, 0) is 44.7 Å². The predicted molar refractivity (Wildman–Crippen MR) is 85.5 cm³/mol. The molecule has 0 bridgehead atoms. The molecule has 23 heavy (non-hydrogen) atoms. The van der Waals surface area contributed by atoms with E-state index in [4.69, 9.17) is 0 Å². The van der Waals surface area contributed by atoms with Crippen LogP contribution in [0.25, 0.3) is 0 Å². The van der Waals surface area contributed by atoms with Crippen LogP contribution in [0, 0.1) is 0 Å². The molecule has 0 radical (unpaired) electrons. The molecule has 1 aromatic rings. The number of alkyl halides is 2. The van der Waals surface area contributed by atoms with Crippen molar-refractivity contribution in [1.29, 1.82) is 0 Å². The van der Waals surface area contributed by atoms with Crippen LogP contribution in [0.5, 0.6) is 0 Å². The Hall–Kier alpha value is -1.84. The van der Waals surface area contributed by atoms with E-state index < -0.39 is 23.7 Å². The van der Waals surface area contributed by atoms with E-state index in [2.05, 4.69) is 4.74 Å². The van der Waals surface area contributed by atoms with E-state index >= 15 is 0 Å².